The van der Waals surface area contributed by atoms with Crippen LogP contribution in [-0.4, -0.2) is 17.7 Å². The Kier molecular flexibility index (Phi) is 0.460. The van der Waals surface area contributed by atoms with Crippen LogP contribution in [0.1, 0.15) is 0 Å². The van der Waals surface area contributed by atoms with Crippen LogP contribution in [0.3, 0.4) is 0 Å². The first-order valence-electron chi connectivity index (χ1n) is 1.44. The summed E-state index contributed by atoms with van der Waals surface area (Å²) in [6.45, 7) is -0.729. The quantitative estimate of drug-likeness (QED) is 0.245. The van der Waals surface area contributed by atoms with Gasteiger partial charge in [-0.25, -0.2) is 0 Å². The molecule has 0 aromatic rings. The number of hydrogen-bond donors (Lipinski definition) is 0. The first-order chi connectivity index (χ1) is 2.63. The van der Waals surface area contributed by atoms with Crippen molar-refractivity contribution in [2.24, 2.45) is 0 Å². The molecule has 4 heteroatoms. The smallest absolute Gasteiger partial charge is 0.184 e. The third kappa shape index (κ3) is 0.370. The summed E-state index contributed by atoms with van der Waals surface area (Å²) in [6, 6.07) is -3.12. The SMILES string of the molecule is FN1CC1(F)F. The molecule has 0 spiro atoms. The minimum Gasteiger partial charge on any atom is -0.184 e. The van der Waals surface area contributed by atoms with E-state index in [9.17, 15) is 13.3 Å². The highest BCUT2D eigenvalue weighted by molar-refractivity contribution is 4.79. The summed E-state index contributed by atoms with van der Waals surface area (Å²) in [4.78, 5) is 0. The standard InChI is InChI=1S/C2H2F3N/c3-2(4)1-6(2)5/h1H2. The van der Waals surface area contributed by atoms with Crippen molar-refractivity contribution in [2.75, 3.05) is 6.54 Å². The Bertz CT molecular complexity index is 71.2. The van der Waals surface area contributed by atoms with Gasteiger partial charge in [-0.3, -0.25) is 0 Å². The second-order valence-electron chi connectivity index (χ2n) is 1.19. The predicted octanol–water partition coefficient (Wildman–Crippen LogP) is 0.779. The molecule has 1 unspecified atom stereocenters. The van der Waals surface area contributed by atoms with Gasteiger partial charge in [0.15, 0.2) is 0 Å². The van der Waals surface area contributed by atoms with Gasteiger partial charge in [0.25, 0.3) is 0 Å². The molecule has 1 heterocycles. The molecule has 6 heavy (non-hydrogen) atoms. The van der Waals surface area contributed by atoms with Crippen LogP contribution in [0.5, 0.6) is 0 Å². The maximum atomic E-state index is 11.1. The number of alkyl halides is 2. The molecular weight excluding hydrogens is 95.0 g/mol. The summed E-state index contributed by atoms with van der Waals surface area (Å²) in [6.07, 6.45) is 0. The van der Waals surface area contributed by atoms with Gasteiger partial charge >= 0.3 is 6.05 Å². The fourth-order valence-electron chi connectivity index (χ4n) is 0.132. The summed E-state index contributed by atoms with van der Waals surface area (Å²) < 4.78 is 33.1. The van der Waals surface area contributed by atoms with Crippen LogP contribution in [0.4, 0.5) is 13.3 Å². The first kappa shape index (κ1) is 3.92. The van der Waals surface area contributed by atoms with E-state index >= 15 is 0 Å². The maximum Gasteiger partial charge on any atom is 0.345 e. The lowest BCUT2D eigenvalue weighted by molar-refractivity contribution is -0.0306. The molecule has 1 saturated heterocycles. The van der Waals surface area contributed by atoms with Crippen LogP contribution in [0, 0.1) is 0 Å². The van der Waals surface area contributed by atoms with Crippen LogP contribution >= 0.6 is 0 Å². The Hall–Kier alpha value is -0.250. The van der Waals surface area contributed by atoms with E-state index in [0.717, 1.165) is 0 Å². The van der Waals surface area contributed by atoms with Gasteiger partial charge in [-0.1, -0.05) is 5.12 Å². The van der Waals surface area contributed by atoms with E-state index in [1.54, 1.807) is 0 Å². The lowest BCUT2D eigenvalue weighted by Crippen LogP contribution is -1.93. The Balaban J connectivity index is 2.41. The molecule has 0 aromatic carbocycles. The highest BCUT2D eigenvalue weighted by Gasteiger charge is 2.56. The van der Waals surface area contributed by atoms with Crippen LogP contribution in [0.2, 0.25) is 0 Å². The van der Waals surface area contributed by atoms with Crippen LogP contribution in [-0.2, 0) is 0 Å². The molecule has 0 bridgehead atoms. The molecule has 1 atom stereocenters. The molecule has 1 nitrogen and oxygen atoms in total. The van der Waals surface area contributed by atoms with Gasteiger partial charge < -0.3 is 0 Å². The molecule has 1 aliphatic heterocycles. The molecule has 36 valence electrons. The van der Waals surface area contributed by atoms with Crippen LogP contribution in [0.15, 0.2) is 0 Å². The lowest BCUT2D eigenvalue weighted by Gasteiger charge is -1.80. The number of nitrogens with zero attached hydrogens (tertiary/aromatic N) is 1. The van der Waals surface area contributed by atoms with Gasteiger partial charge in [0, 0.05) is 0 Å². The highest BCUT2D eigenvalue weighted by atomic mass is 19.3. The summed E-state index contributed by atoms with van der Waals surface area (Å²) in [5.41, 5.74) is 0. The molecule has 1 aliphatic rings. The Morgan fingerprint density at radius 3 is 1.67 bits per heavy atom. The van der Waals surface area contributed by atoms with Crippen molar-refractivity contribution in [1.29, 1.82) is 0 Å². The minimum absolute atomic E-state index is 0.521. The van der Waals surface area contributed by atoms with Crippen LogP contribution < -0.4 is 0 Å². The third-order valence-corrected chi connectivity index (χ3v) is 0.581. The Morgan fingerprint density at radius 2 is 1.67 bits per heavy atom. The van der Waals surface area contributed by atoms with Crippen molar-refractivity contribution in [3.8, 4) is 0 Å². The second kappa shape index (κ2) is 0.703. The average molecular weight is 97.0 g/mol. The molecule has 1 fully saturated rings. The number of halogens is 3. The lowest BCUT2D eigenvalue weighted by atomic mass is 10.9. The topological polar surface area (TPSA) is 3.01 Å². The molecule has 0 amide bonds. The summed E-state index contributed by atoms with van der Waals surface area (Å²) >= 11 is 0. The van der Waals surface area contributed by atoms with Gasteiger partial charge in [-0.15, -0.1) is 4.48 Å². The largest absolute Gasteiger partial charge is 0.345 e. The van der Waals surface area contributed by atoms with E-state index in [1.807, 2.05) is 0 Å². The zero-order valence-corrected chi connectivity index (χ0v) is 2.79. The van der Waals surface area contributed by atoms with Crippen molar-refractivity contribution in [3.05, 3.63) is 0 Å². The van der Waals surface area contributed by atoms with Crippen LogP contribution in [0.25, 0.3) is 0 Å². The minimum atomic E-state index is -3.12. The van der Waals surface area contributed by atoms with E-state index < -0.39 is 17.7 Å². The van der Waals surface area contributed by atoms with E-state index in [0.29, 0.717) is 0 Å². The van der Waals surface area contributed by atoms with Gasteiger partial charge in [0.05, 0.1) is 0 Å². The third-order valence-electron chi connectivity index (χ3n) is 0.581. The van der Waals surface area contributed by atoms with E-state index in [1.165, 1.54) is 0 Å². The molecule has 0 aliphatic carbocycles. The average Bonchev–Trinajstić information content (AvgIpc) is 1.73. The van der Waals surface area contributed by atoms with E-state index in [4.69, 9.17) is 0 Å². The molecular formula is C2H2F3N. The molecule has 0 radical (unpaired) electrons. The zero-order chi connectivity index (χ0) is 4.78. The number of hydrogen-bond acceptors (Lipinski definition) is 1. The van der Waals surface area contributed by atoms with Gasteiger partial charge in [-0.05, 0) is 0 Å². The highest BCUT2D eigenvalue weighted by Crippen LogP contribution is 2.34. The van der Waals surface area contributed by atoms with E-state index in [-0.39, 0.29) is 0 Å². The molecule has 1 rings (SSSR count). The van der Waals surface area contributed by atoms with E-state index in [2.05, 4.69) is 0 Å². The molecule has 0 saturated carbocycles. The first-order valence-corrected chi connectivity index (χ1v) is 1.44. The zero-order valence-electron chi connectivity index (χ0n) is 2.79. The van der Waals surface area contributed by atoms with Crippen molar-refractivity contribution in [2.45, 2.75) is 6.05 Å². The van der Waals surface area contributed by atoms with Gasteiger partial charge in [-0.2, -0.15) is 8.78 Å². The summed E-state index contributed by atoms with van der Waals surface area (Å²) in [5.74, 6) is 0. The Morgan fingerprint density at radius 1 is 1.50 bits per heavy atom. The number of rotatable bonds is 0. The monoisotopic (exact) mass is 97.0 g/mol. The summed E-state index contributed by atoms with van der Waals surface area (Å²) in [5, 5.41) is -0.521. The van der Waals surface area contributed by atoms with Crippen molar-refractivity contribution < 1.29 is 13.3 Å². The fraction of sp³-hybridized carbons (Fsp3) is 1.00. The Labute approximate surface area is 32.3 Å². The molecule has 0 aromatic heterocycles. The fourth-order valence-corrected chi connectivity index (χ4v) is 0.132. The normalized spacial score (nSPS) is 39.5. The van der Waals surface area contributed by atoms with Gasteiger partial charge in [0.1, 0.15) is 6.54 Å². The molecule has 0 N–H and O–H groups in total. The summed E-state index contributed by atoms with van der Waals surface area (Å²) in [7, 11) is 0. The second-order valence-corrected chi connectivity index (χ2v) is 1.19. The predicted molar refractivity (Wildman–Crippen MR) is 12.8 cm³/mol. The maximum absolute atomic E-state index is 11.1. The van der Waals surface area contributed by atoms with Crippen molar-refractivity contribution in [1.82, 2.24) is 5.12 Å². The van der Waals surface area contributed by atoms with Crippen molar-refractivity contribution >= 4 is 0 Å². The van der Waals surface area contributed by atoms with Crippen molar-refractivity contribution in [3.63, 3.8) is 0 Å². The van der Waals surface area contributed by atoms with Gasteiger partial charge in [0.2, 0.25) is 0 Å².